The molecule has 5 nitrogen and oxygen atoms in total. The van der Waals surface area contributed by atoms with Gasteiger partial charge < -0.3 is 4.57 Å². The molecule has 0 spiro atoms. The fraction of sp³-hybridized carbons (Fsp3) is 0. The summed E-state index contributed by atoms with van der Waals surface area (Å²) in [6.45, 7) is 0. The molecule has 3 heterocycles. The predicted molar refractivity (Wildman–Crippen MR) is 195 cm³/mol. The normalized spacial score (nSPS) is 11.3. The highest BCUT2D eigenvalue weighted by Crippen LogP contribution is 2.43. The molecule has 0 amide bonds. The minimum Gasteiger partial charge on any atom is -0.306 e. The topological polar surface area (TPSA) is 78.3 Å². The molecule has 0 radical (unpaired) electrons. The zero-order chi connectivity index (χ0) is 32.2. The summed E-state index contributed by atoms with van der Waals surface area (Å²) < 4.78 is 4.63. The summed E-state index contributed by atoms with van der Waals surface area (Å²) in [7, 11) is 0. The Morgan fingerprint density at radius 3 is 1.94 bits per heavy atom. The average molecular weight is 630 g/mol. The Bertz CT molecular complexity index is 2800. The molecule has 0 fully saturated rings. The van der Waals surface area contributed by atoms with Gasteiger partial charge in [-0.1, -0.05) is 115 Å². The van der Waals surface area contributed by atoms with Crippen molar-refractivity contribution in [2.24, 2.45) is 0 Å². The monoisotopic (exact) mass is 629 g/mol. The SMILES string of the molecule is N#Cc1cc(-c2nc(-c3ccccc3)nc(-c3ccccc3)c2C#N)ccc1-n1c2ccccc2c2ccc3c4ccccc4sc3c21. The van der Waals surface area contributed by atoms with E-state index in [-0.39, 0.29) is 0 Å². The van der Waals surface area contributed by atoms with E-state index in [1.54, 1.807) is 11.3 Å². The van der Waals surface area contributed by atoms with Crippen molar-refractivity contribution < 1.29 is 0 Å². The molecule has 0 aliphatic rings. The van der Waals surface area contributed by atoms with Gasteiger partial charge in [-0.3, -0.25) is 0 Å². The molecule has 0 saturated carbocycles. The van der Waals surface area contributed by atoms with Crippen LogP contribution >= 0.6 is 11.3 Å². The van der Waals surface area contributed by atoms with Crippen molar-refractivity contribution in [3.8, 4) is 51.7 Å². The van der Waals surface area contributed by atoms with Gasteiger partial charge in [-0.05, 0) is 24.3 Å². The maximum atomic E-state index is 10.7. The Hall–Kier alpha value is -6.60. The minimum absolute atomic E-state index is 0.362. The van der Waals surface area contributed by atoms with Crippen LogP contribution in [0, 0.1) is 22.7 Å². The van der Waals surface area contributed by atoms with Crippen molar-refractivity contribution >= 4 is 53.3 Å². The van der Waals surface area contributed by atoms with E-state index in [0.29, 0.717) is 33.9 Å². The van der Waals surface area contributed by atoms with Crippen LogP contribution in [0.15, 0.2) is 140 Å². The number of benzene rings is 6. The minimum atomic E-state index is 0.362. The number of nitrogens with zero attached hydrogens (tertiary/aromatic N) is 5. The highest BCUT2D eigenvalue weighted by atomic mass is 32.1. The Kier molecular flexibility index (Phi) is 6.36. The fourth-order valence-corrected chi connectivity index (χ4v) is 7.99. The molecule has 0 aliphatic heterocycles. The fourth-order valence-electron chi connectivity index (χ4n) is 6.75. The van der Waals surface area contributed by atoms with Gasteiger partial charge in [0.05, 0.1) is 38.4 Å². The van der Waals surface area contributed by atoms with Crippen molar-refractivity contribution in [2.75, 3.05) is 0 Å². The highest BCUT2D eigenvalue weighted by Gasteiger charge is 2.22. The summed E-state index contributed by atoms with van der Waals surface area (Å²) in [5, 5.41) is 25.9. The van der Waals surface area contributed by atoms with Crippen LogP contribution in [0.25, 0.3) is 81.6 Å². The zero-order valence-corrected chi connectivity index (χ0v) is 26.2. The summed E-state index contributed by atoms with van der Waals surface area (Å²) in [6.07, 6.45) is 0. The Balaban J connectivity index is 1.32. The van der Waals surface area contributed by atoms with Crippen LogP contribution in [0.2, 0.25) is 0 Å². The molecule has 0 unspecified atom stereocenters. The van der Waals surface area contributed by atoms with E-state index in [0.717, 1.165) is 38.6 Å². The Morgan fingerprint density at radius 1 is 0.542 bits per heavy atom. The van der Waals surface area contributed by atoms with Crippen LogP contribution < -0.4 is 0 Å². The van der Waals surface area contributed by atoms with Crippen LogP contribution in [0.5, 0.6) is 0 Å². The number of nitriles is 2. The maximum absolute atomic E-state index is 10.7. The summed E-state index contributed by atoms with van der Waals surface area (Å²) in [4.78, 5) is 9.84. The molecular formula is C42H23N5S. The van der Waals surface area contributed by atoms with Gasteiger partial charge in [-0.15, -0.1) is 11.3 Å². The number of rotatable bonds is 4. The number of thiophene rings is 1. The van der Waals surface area contributed by atoms with Crippen molar-refractivity contribution in [1.82, 2.24) is 14.5 Å². The first kappa shape index (κ1) is 27.7. The first-order valence-electron chi connectivity index (χ1n) is 15.5. The molecule has 0 bridgehead atoms. The molecule has 222 valence electrons. The third kappa shape index (κ3) is 4.22. The molecule has 0 aliphatic carbocycles. The first-order chi connectivity index (χ1) is 23.7. The number of aromatic nitrogens is 3. The van der Waals surface area contributed by atoms with Gasteiger partial charge in [0.1, 0.15) is 17.7 Å². The molecular weight excluding hydrogens is 607 g/mol. The zero-order valence-electron chi connectivity index (χ0n) is 25.4. The largest absolute Gasteiger partial charge is 0.306 e. The molecule has 9 aromatic rings. The van der Waals surface area contributed by atoms with E-state index in [1.807, 2.05) is 84.9 Å². The van der Waals surface area contributed by atoms with Gasteiger partial charge in [0.25, 0.3) is 0 Å². The van der Waals surface area contributed by atoms with E-state index in [9.17, 15) is 10.5 Å². The Morgan fingerprint density at radius 2 is 1.19 bits per heavy atom. The predicted octanol–water partition coefficient (Wildman–Crippen LogP) is 10.7. The van der Waals surface area contributed by atoms with Crippen molar-refractivity contribution in [1.29, 1.82) is 10.5 Å². The maximum Gasteiger partial charge on any atom is 0.160 e. The van der Waals surface area contributed by atoms with E-state index >= 15 is 0 Å². The molecule has 0 N–H and O–H groups in total. The van der Waals surface area contributed by atoms with Crippen LogP contribution in [-0.4, -0.2) is 14.5 Å². The molecule has 6 aromatic carbocycles. The Labute approximate surface area is 279 Å². The first-order valence-corrected chi connectivity index (χ1v) is 16.4. The third-order valence-corrected chi connectivity index (χ3v) is 10.1. The smallest absolute Gasteiger partial charge is 0.160 e. The lowest BCUT2D eigenvalue weighted by atomic mass is 9.98. The van der Waals surface area contributed by atoms with Gasteiger partial charge in [0.2, 0.25) is 0 Å². The van der Waals surface area contributed by atoms with E-state index in [4.69, 9.17) is 9.97 Å². The van der Waals surface area contributed by atoms with Crippen LogP contribution in [0.1, 0.15) is 11.1 Å². The van der Waals surface area contributed by atoms with Gasteiger partial charge in [-0.25, -0.2) is 9.97 Å². The van der Waals surface area contributed by atoms with E-state index < -0.39 is 0 Å². The highest BCUT2D eigenvalue weighted by molar-refractivity contribution is 7.26. The van der Waals surface area contributed by atoms with Crippen molar-refractivity contribution in [2.45, 2.75) is 0 Å². The van der Waals surface area contributed by atoms with Crippen LogP contribution in [-0.2, 0) is 0 Å². The van der Waals surface area contributed by atoms with Crippen molar-refractivity contribution in [3.05, 3.63) is 151 Å². The summed E-state index contributed by atoms with van der Waals surface area (Å²) in [5.74, 6) is 0.514. The van der Waals surface area contributed by atoms with Gasteiger partial charge >= 0.3 is 0 Å². The molecule has 3 aromatic heterocycles. The van der Waals surface area contributed by atoms with E-state index in [1.165, 1.54) is 20.2 Å². The third-order valence-electron chi connectivity index (χ3n) is 8.91. The summed E-state index contributed by atoms with van der Waals surface area (Å²) in [6, 6.07) is 51.4. The average Bonchev–Trinajstić information content (AvgIpc) is 3.71. The molecule has 6 heteroatoms. The number of hydrogen-bond donors (Lipinski definition) is 0. The summed E-state index contributed by atoms with van der Waals surface area (Å²) >= 11 is 1.78. The number of hydrogen-bond acceptors (Lipinski definition) is 5. The lowest BCUT2D eigenvalue weighted by Crippen LogP contribution is -2.02. The molecule has 9 rings (SSSR count). The van der Waals surface area contributed by atoms with E-state index in [2.05, 4.69) is 71.3 Å². The second-order valence-corrected chi connectivity index (χ2v) is 12.6. The number of fused-ring (bicyclic) bond motifs is 7. The lowest BCUT2D eigenvalue weighted by molar-refractivity contribution is 1.16. The van der Waals surface area contributed by atoms with Gasteiger partial charge in [0, 0.05) is 42.9 Å². The van der Waals surface area contributed by atoms with Crippen molar-refractivity contribution in [3.63, 3.8) is 0 Å². The number of para-hydroxylation sites is 1. The quantitative estimate of drug-likeness (QED) is 0.194. The van der Waals surface area contributed by atoms with Crippen LogP contribution in [0.3, 0.4) is 0 Å². The molecule has 0 atom stereocenters. The van der Waals surface area contributed by atoms with Gasteiger partial charge in [-0.2, -0.15) is 10.5 Å². The van der Waals surface area contributed by atoms with Crippen LogP contribution in [0.4, 0.5) is 0 Å². The van der Waals surface area contributed by atoms with Gasteiger partial charge in [0.15, 0.2) is 5.82 Å². The lowest BCUT2D eigenvalue weighted by Gasteiger charge is -2.14. The standard InChI is InChI=1S/C42H23N5S/c43-24-29-23-28(39-34(25-44)38(26-11-3-1-4-12-26)45-42(46-39)27-13-5-2-6-14-27)19-22-35(29)47-36-17-9-7-15-30(36)32-20-21-33-31-16-8-10-18-37(31)48-41(33)40(32)47/h1-23H. The molecule has 0 saturated heterocycles. The summed E-state index contributed by atoms with van der Waals surface area (Å²) in [5.41, 5.74) is 7.12. The molecule has 48 heavy (non-hydrogen) atoms. The second-order valence-electron chi connectivity index (χ2n) is 11.6. The second kappa shape index (κ2) is 11.0.